The van der Waals surface area contributed by atoms with Crippen LogP contribution in [0.4, 0.5) is 0 Å². The van der Waals surface area contributed by atoms with Gasteiger partial charge in [-0.05, 0) is 69.3 Å². The van der Waals surface area contributed by atoms with Gasteiger partial charge in [-0.3, -0.25) is 0 Å². The molecule has 1 aromatic heterocycles. The van der Waals surface area contributed by atoms with Crippen LogP contribution < -0.4 is 5.32 Å². The van der Waals surface area contributed by atoms with Crippen LogP contribution in [0.2, 0.25) is 0 Å². The summed E-state index contributed by atoms with van der Waals surface area (Å²) >= 11 is 0. The highest BCUT2D eigenvalue weighted by Gasteiger charge is 2.22. The Labute approximate surface area is 284 Å². The van der Waals surface area contributed by atoms with Crippen molar-refractivity contribution in [2.24, 2.45) is 9.98 Å². The third-order valence-corrected chi connectivity index (χ3v) is 9.17. The molecule has 1 atom stereocenters. The fraction of sp³-hybridized carbons (Fsp3) is 0.0222. The first-order valence-corrected chi connectivity index (χ1v) is 16.5. The normalized spacial score (nSPS) is 14.3. The monoisotopic (exact) mass is 629 g/mol. The van der Waals surface area contributed by atoms with Gasteiger partial charge in [0.05, 0.1) is 0 Å². The van der Waals surface area contributed by atoms with E-state index in [1.54, 1.807) is 0 Å². The number of aliphatic imine (C=N–C) groups is 2. The first kappa shape index (κ1) is 28.7. The van der Waals surface area contributed by atoms with Crippen molar-refractivity contribution in [3.05, 3.63) is 193 Å². The Balaban J connectivity index is 1.08. The van der Waals surface area contributed by atoms with E-state index < -0.39 is 6.17 Å². The van der Waals surface area contributed by atoms with E-state index in [4.69, 9.17) is 14.4 Å². The van der Waals surface area contributed by atoms with Crippen molar-refractivity contribution in [1.82, 2.24) is 5.32 Å². The second-order valence-corrected chi connectivity index (χ2v) is 12.3. The van der Waals surface area contributed by atoms with E-state index in [0.717, 1.165) is 61.4 Å². The van der Waals surface area contributed by atoms with Crippen LogP contribution in [0.25, 0.3) is 55.3 Å². The van der Waals surface area contributed by atoms with Crippen LogP contribution in [0.15, 0.2) is 190 Å². The SMILES string of the molecule is c1ccc(C2=NC(c3ccc(-c4ccccc4)cc3)N=C(c3ccc4oc5ccc(-c6ccc(-c7ccccc7)cc6)cc5c4c3)N2)cc1. The predicted octanol–water partition coefficient (Wildman–Crippen LogP) is 11.1. The maximum absolute atomic E-state index is 6.31. The number of hydrogen-bond donors (Lipinski definition) is 1. The van der Waals surface area contributed by atoms with Gasteiger partial charge in [0.25, 0.3) is 0 Å². The lowest BCUT2D eigenvalue weighted by molar-refractivity contribution is 0.669. The molecule has 0 radical (unpaired) electrons. The molecular weight excluding hydrogens is 599 g/mol. The molecule has 1 aliphatic rings. The minimum Gasteiger partial charge on any atom is -0.456 e. The highest BCUT2D eigenvalue weighted by molar-refractivity contribution is 6.17. The van der Waals surface area contributed by atoms with Crippen LogP contribution in [-0.4, -0.2) is 11.7 Å². The van der Waals surface area contributed by atoms with Gasteiger partial charge in [-0.25, -0.2) is 9.98 Å². The Hall–Kier alpha value is -6.52. The number of benzene rings is 7. The zero-order chi connectivity index (χ0) is 32.6. The van der Waals surface area contributed by atoms with Gasteiger partial charge in [0.15, 0.2) is 6.17 Å². The lowest BCUT2D eigenvalue weighted by Crippen LogP contribution is -2.36. The van der Waals surface area contributed by atoms with Crippen LogP contribution in [-0.2, 0) is 0 Å². The second-order valence-electron chi connectivity index (χ2n) is 12.3. The topological polar surface area (TPSA) is 49.9 Å². The van der Waals surface area contributed by atoms with Gasteiger partial charge in [0.1, 0.15) is 22.8 Å². The van der Waals surface area contributed by atoms with Crippen LogP contribution in [0.3, 0.4) is 0 Å². The van der Waals surface area contributed by atoms with Crippen LogP contribution >= 0.6 is 0 Å². The Bertz CT molecular complexity index is 2480. The fourth-order valence-corrected chi connectivity index (χ4v) is 6.56. The first-order valence-electron chi connectivity index (χ1n) is 16.5. The molecule has 4 nitrogen and oxygen atoms in total. The molecule has 1 aliphatic heterocycles. The third-order valence-electron chi connectivity index (χ3n) is 9.17. The van der Waals surface area contributed by atoms with Gasteiger partial charge in [-0.15, -0.1) is 0 Å². The Morgan fingerprint density at radius 2 is 0.755 bits per heavy atom. The van der Waals surface area contributed by atoms with Gasteiger partial charge in [-0.1, -0.05) is 146 Å². The summed E-state index contributed by atoms with van der Waals surface area (Å²) in [5.74, 6) is 1.57. The third kappa shape index (κ3) is 5.60. The average Bonchev–Trinajstić information content (AvgIpc) is 3.56. The molecule has 232 valence electrons. The Morgan fingerprint density at radius 3 is 1.31 bits per heavy atom. The summed E-state index contributed by atoms with van der Waals surface area (Å²) in [6.07, 6.45) is -0.390. The average molecular weight is 630 g/mol. The van der Waals surface area contributed by atoms with E-state index in [2.05, 4.69) is 145 Å². The highest BCUT2D eigenvalue weighted by atomic mass is 16.3. The molecule has 2 heterocycles. The molecule has 9 rings (SSSR count). The van der Waals surface area contributed by atoms with Crippen LogP contribution in [0, 0.1) is 0 Å². The molecule has 0 spiro atoms. The zero-order valence-electron chi connectivity index (χ0n) is 26.6. The maximum Gasteiger partial charge on any atom is 0.169 e. The number of amidine groups is 2. The quantitative estimate of drug-likeness (QED) is 0.199. The fourth-order valence-electron chi connectivity index (χ4n) is 6.56. The molecule has 1 unspecified atom stereocenters. The molecular formula is C45H31N3O. The Morgan fingerprint density at radius 1 is 0.367 bits per heavy atom. The van der Waals surface area contributed by atoms with Crippen LogP contribution in [0.1, 0.15) is 22.9 Å². The van der Waals surface area contributed by atoms with Crippen molar-refractivity contribution < 1.29 is 4.42 Å². The van der Waals surface area contributed by atoms with Gasteiger partial charge in [-0.2, -0.15) is 0 Å². The van der Waals surface area contributed by atoms with Gasteiger partial charge in [0, 0.05) is 21.9 Å². The molecule has 49 heavy (non-hydrogen) atoms. The minimum atomic E-state index is -0.390. The van der Waals surface area contributed by atoms with E-state index in [1.165, 1.54) is 22.3 Å². The molecule has 7 aromatic carbocycles. The molecule has 0 aliphatic carbocycles. The summed E-state index contributed by atoms with van der Waals surface area (Å²) < 4.78 is 6.31. The van der Waals surface area contributed by atoms with Crippen molar-refractivity contribution in [3.8, 4) is 33.4 Å². The van der Waals surface area contributed by atoms with Gasteiger partial charge >= 0.3 is 0 Å². The number of fused-ring (bicyclic) bond motifs is 3. The van der Waals surface area contributed by atoms with Gasteiger partial charge < -0.3 is 9.73 Å². The summed E-state index contributed by atoms with van der Waals surface area (Å²) in [4.78, 5) is 10.2. The van der Waals surface area contributed by atoms with Crippen molar-refractivity contribution >= 4 is 33.6 Å². The summed E-state index contributed by atoms with van der Waals surface area (Å²) in [6.45, 7) is 0. The van der Waals surface area contributed by atoms with E-state index in [-0.39, 0.29) is 0 Å². The molecule has 4 heteroatoms. The van der Waals surface area contributed by atoms with Crippen molar-refractivity contribution in [3.63, 3.8) is 0 Å². The summed E-state index contributed by atoms with van der Waals surface area (Å²) in [5.41, 5.74) is 11.8. The summed E-state index contributed by atoms with van der Waals surface area (Å²) in [6, 6.07) is 61.2. The van der Waals surface area contributed by atoms with E-state index in [9.17, 15) is 0 Å². The smallest absolute Gasteiger partial charge is 0.169 e. The Kier molecular flexibility index (Phi) is 7.17. The van der Waals surface area contributed by atoms with Crippen LogP contribution in [0.5, 0.6) is 0 Å². The first-order chi connectivity index (χ1) is 24.2. The summed E-state index contributed by atoms with van der Waals surface area (Å²) in [7, 11) is 0. The maximum atomic E-state index is 6.31. The molecule has 1 N–H and O–H groups in total. The molecule has 0 fully saturated rings. The standard InChI is InChI=1S/C45H31N3O/c1-4-10-30(11-5-1)32-16-18-34(19-17-32)37-24-26-41-39(28-37)40-29-38(25-27-42(40)49-41)45-47-43(35-14-8-3-9-15-35)46-44(48-45)36-22-20-33(21-23-36)31-12-6-2-7-13-31/h1-29,44H,(H,46,47,48). The van der Waals surface area contributed by atoms with E-state index >= 15 is 0 Å². The largest absolute Gasteiger partial charge is 0.456 e. The number of furan rings is 1. The van der Waals surface area contributed by atoms with Gasteiger partial charge in [0.2, 0.25) is 0 Å². The number of rotatable bonds is 6. The van der Waals surface area contributed by atoms with E-state index in [1.807, 2.05) is 36.4 Å². The molecule has 0 amide bonds. The lowest BCUT2D eigenvalue weighted by Gasteiger charge is -2.22. The molecule has 0 saturated heterocycles. The molecule has 0 saturated carbocycles. The number of nitrogens with one attached hydrogen (secondary N) is 1. The minimum absolute atomic E-state index is 0.390. The summed E-state index contributed by atoms with van der Waals surface area (Å²) in [5, 5.41) is 5.67. The van der Waals surface area contributed by atoms with E-state index in [0.29, 0.717) is 0 Å². The predicted molar refractivity (Wildman–Crippen MR) is 202 cm³/mol. The number of hydrogen-bond acceptors (Lipinski definition) is 4. The molecule has 0 bridgehead atoms. The van der Waals surface area contributed by atoms with Crippen molar-refractivity contribution in [1.29, 1.82) is 0 Å². The lowest BCUT2D eigenvalue weighted by atomic mass is 9.99. The number of nitrogens with zero attached hydrogens (tertiary/aromatic N) is 2. The highest BCUT2D eigenvalue weighted by Crippen LogP contribution is 2.35. The molecule has 8 aromatic rings. The van der Waals surface area contributed by atoms with Crippen molar-refractivity contribution in [2.75, 3.05) is 0 Å². The van der Waals surface area contributed by atoms with Crippen molar-refractivity contribution in [2.45, 2.75) is 6.17 Å². The zero-order valence-corrected chi connectivity index (χ0v) is 26.6. The second kappa shape index (κ2) is 12.3.